The molecule has 0 radical (unpaired) electrons. The molecule has 1 aromatic rings. The average Bonchev–Trinajstić information content (AvgIpc) is 2.92. The average molecular weight is 351 g/mol. The van der Waals surface area contributed by atoms with Crippen LogP contribution in [0.2, 0.25) is 0 Å². The largest absolute Gasteiger partial charge is 0.416 e. The fourth-order valence-corrected chi connectivity index (χ4v) is 2.80. The minimum absolute atomic E-state index is 0.0324. The van der Waals surface area contributed by atoms with E-state index in [0.29, 0.717) is 19.5 Å². The second kappa shape index (κ2) is 6.49. The summed E-state index contributed by atoms with van der Waals surface area (Å²) in [7, 11) is 0. The number of alkyl halides is 6. The van der Waals surface area contributed by atoms with Crippen LogP contribution in [0.3, 0.4) is 0 Å². The number of halogens is 6. The number of benzene rings is 1. The third-order valence-corrected chi connectivity index (χ3v) is 3.94. The highest BCUT2D eigenvalue weighted by Crippen LogP contribution is 2.37. The van der Waals surface area contributed by atoms with Gasteiger partial charge in [-0.05, 0) is 48.6 Å². The maximum absolute atomic E-state index is 12.8. The van der Waals surface area contributed by atoms with Crippen molar-refractivity contribution >= 4 is 5.91 Å². The molecule has 1 amide bonds. The molecule has 0 aliphatic carbocycles. The first-order valence-corrected chi connectivity index (χ1v) is 7.20. The zero-order chi connectivity index (χ0) is 18.1. The van der Waals surface area contributed by atoms with E-state index >= 15 is 0 Å². The highest BCUT2D eigenvalue weighted by molar-refractivity contribution is 5.87. The lowest BCUT2D eigenvalue weighted by atomic mass is 9.95. The molecule has 1 heterocycles. The summed E-state index contributed by atoms with van der Waals surface area (Å²) in [6, 6.07) is 1.60. The first-order chi connectivity index (χ1) is 11.0. The molecule has 0 aromatic heterocycles. The van der Waals surface area contributed by atoms with E-state index in [2.05, 4.69) is 6.58 Å². The van der Waals surface area contributed by atoms with Gasteiger partial charge in [0.25, 0.3) is 0 Å². The molecule has 2 nitrogen and oxygen atoms in total. The zero-order valence-electron chi connectivity index (χ0n) is 12.5. The van der Waals surface area contributed by atoms with Crippen LogP contribution in [0.15, 0.2) is 30.9 Å². The number of nitrogens with zero attached hydrogens (tertiary/aromatic N) is 1. The lowest BCUT2D eigenvalue weighted by Crippen LogP contribution is -2.26. The van der Waals surface area contributed by atoms with Gasteiger partial charge in [-0.15, -0.1) is 0 Å². The van der Waals surface area contributed by atoms with E-state index in [4.69, 9.17) is 0 Å². The maximum atomic E-state index is 12.8. The van der Waals surface area contributed by atoms with E-state index in [1.165, 1.54) is 4.90 Å². The monoisotopic (exact) mass is 351 g/mol. The Balaban J connectivity index is 2.24. The van der Waals surface area contributed by atoms with Gasteiger partial charge < -0.3 is 4.90 Å². The number of rotatable bonds is 3. The molecule has 132 valence electrons. The lowest BCUT2D eigenvalue weighted by molar-refractivity contribution is -0.143. The fourth-order valence-electron chi connectivity index (χ4n) is 2.80. The molecule has 8 heteroatoms. The minimum Gasteiger partial charge on any atom is -0.339 e. The minimum atomic E-state index is -4.85. The Morgan fingerprint density at radius 3 is 2.12 bits per heavy atom. The van der Waals surface area contributed by atoms with E-state index in [-0.39, 0.29) is 29.9 Å². The van der Waals surface area contributed by atoms with Gasteiger partial charge in [0, 0.05) is 13.1 Å². The highest BCUT2D eigenvalue weighted by Gasteiger charge is 2.37. The Morgan fingerprint density at radius 2 is 1.67 bits per heavy atom. The number of carbonyl (C=O) groups is 1. The normalized spacial score (nSPS) is 18.8. The summed E-state index contributed by atoms with van der Waals surface area (Å²) < 4.78 is 77.0. The van der Waals surface area contributed by atoms with E-state index in [1.807, 2.05) is 0 Å². The Hall–Kier alpha value is -1.99. The van der Waals surface area contributed by atoms with Crippen LogP contribution in [-0.4, -0.2) is 23.9 Å². The van der Waals surface area contributed by atoms with Crippen molar-refractivity contribution in [3.05, 3.63) is 47.5 Å². The van der Waals surface area contributed by atoms with Crippen molar-refractivity contribution in [2.24, 2.45) is 5.92 Å². The number of likely N-dealkylation sites (tertiary alicyclic amines) is 1. The first-order valence-electron chi connectivity index (χ1n) is 7.20. The molecule has 0 unspecified atom stereocenters. The predicted molar refractivity (Wildman–Crippen MR) is 75.0 cm³/mol. The first kappa shape index (κ1) is 18.4. The van der Waals surface area contributed by atoms with Crippen LogP contribution < -0.4 is 0 Å². The van der Waals surface area contributed by atoms with Crippen LogP contribution in [0.25, 0.3) is 0 Å². The molecule has 0 bridgehead atoms. The quantitative estimate of drug-likeness (QED) is 0.587. The summed E-state index contributed by atoms with van der Waals surface area (Å²) in [5.74, 6) is -0.476. The fraction of sp³-hybridized carbons (Fsp3) is 0.438. The van der Waals surface area contributed by atoms with Crippen LogP contribution in [0, 0.1) is 5.92 Å². The van der Waals surface area contributed by atoms with Crippen molar-refractivity contribution in [3.63, 3.8) is 0 Å². The number of amides is 1. The number of carbonyl (C=O) groups excluding carboxylic acids is 1. The van der Waals surface area contributed by atoms with Crippen LogP contribution in [-0.2, 0) is 23.6 Å². The Bertz CT molecular complexity index is 602. The summed E-state index contributed by atoms with van der Waals surface area (Å²) in [4.78, 5) is 13.0. The molecule has 1 aromatic carbocycles. The van der Waals surface area contributed by atoms with Crippen molar-refractivity contribution in [1.29, 1.82) is 0 Å². The van der Waals surface area contributed by atoms with Crippen LogP contribution in [0.4, 0.5) is 26.3 Å². The molecule has 1 atom stereocenters. The van der Waals surface area contributed by atoms with Crippen molar-refractivity contribution in [2.75, 3.05) is 13.1 Å². The second-order valence-corrected chi connectivity index (χ2v) is 5.76. The van der Waals surface area contributed by atoms with Gasteiger partial charge in [0.2, 0.25) is 5.91 Å². The molecule has 0 N–H and O–H groups in total. The zero-order valence-corrected chi connectivity index (χ0v) is 12.5. The van der Waals surface area contributed by atoms with E-state index in [1.54, 1.807) is 0 Å². The molecule has 1 aliphatic rings. The molecule has 0 saturated carbocycles. The Morgan fingerprint density at radius 1 is 1.12 bits per heavy atom. The smallest absolute Gasteiger partial charge is 0.339 e. The topological polar surface area (TPSA) is 20.3 Å². The van der Waals surface area contributed by atoms with Crippen molar-refractivity contribution < 1.29 is 31.1 Å². The highest BCUT2D eigenvalue weighted by atomic mass is 19.4. The van der Waals surface area contributed by atoms with Gasteiger partial charge >= 0.3 is 12.4 Å². The molecule has 24 heavy (non-hydrogen) atoms. The van der Waals surface area contributed by atoms with Crippen LogP contribution in [0.5, 0.6) is 0 Å². The van der Waals surface area contributed by atoms with Crippen LogP contribution >= 0.6 is 0 Å². The maximum Gasteiger partial charge on any atom is 0.416 e. The van der Waals surface area contributed by atoms with Crippen molar-refractivity contribution in [1.82, 2.24) is 4.90 Å². The lowest BCUT2D eigenvalue weighted by Gasteiger charge is -2.17. The summed E-state index contributed by atoms with van der Waals surface area (Å²) in [5, 5.41) is 0. The van der Waals surface area contributed by atoms with Gasteiger partial charge in [-0.25, -0.2) is 0 Å². The molecule has 1 fully saturated rings. The molecular weight excluding hydrogens is 336 g/mol. The molecule has 1 saturated heterocycles. The molecule has 2 rings (SSSR count). The molecule has 1 aliphatic heterocycles. The van der Waals surface area contributed by atoms with Crippen molar-refractivity contribution in [2.45, 2.75) is 25.2 Å². The van der Waals surface area contributed by atoms with Gasteiger partial charge in [0.05, 0.1) is 11.1 Å². The Labute approximate surface area is 134 Å². The standard InChI is InChI=1S/C16H15F6NO/c1-2-14(24)23-4-3-10(9-23)5-11-6-12(15(17,18)19)8-13(7-11)16(20,21)22/h2,6-8,10H,1,3-5,9H2/t10-/m1/s1. The summed E-state index contributed by atoms with van der Waals surface area (Å²) in [6.45, 7) is 4.06. The van der Waals surface area contributed by atoms with E-state index < -0.39 is 23.5 Å². The van der Waals surface area contributed by atoms with E-state index in [0.717, 1.165) is 18.2 Å². The second-order valence-electron chi connectivity index (χ2n) is 5.76. The molecular formula is C16H15F6NO. The molecule has 0 spiro atoms. The summed E-state index contributed by atoms with van der Waals surface area (Å²) in [5.41, 5.74) is -2.66. The van der Waals surface area contributed by atoms with Gasteiger partial charge in [-0.1, -0.05) is 6.58 Å². The third kappa shape index (κ3) is 4.30. The summed E-state index contributed by atoms with van der Waals surface area (Å²) >= 11 is 0. The van der Waals surface area contributed by atoms with Gasteiger partial charge in [-0.2, -0.15) is 26.3 Å². The van der Waals surface area contributed by atoms with E-state index in [9.17, 15) is 31.1 Å². The van der Waals surface area contributed by atoms with Gasteiger partial charge in [0.1, 0.15) is 0 Å². The predicted octanol–water partition coefficient (Wildman–Crippen LogP) is 4.30. The van der Waals surface area contributed by atoms with Gasteiger partial charge in [0.15, 0.2) is 0 Å². The van der Waals surface area contributed by atoms with Crippen LogP contribution in [0.1, 0.15) is 23.1 Å². The SMILES string of the molecule is C=CC(=O)N1CC[C@H](Cc2cc(C(F)(F)F)cc(C(F)(F)F)c2)C1. The number of hydrogen-bond acceptors (Lipinski definition) is 1. The van der Waals surface area contributed by atoms with Crippen molar-refractivity contribution in [3.8, 4) is 0 Å². The number of hydrogen-bond donors (Lipinski definition) is 0. The van der Waals surface area contributed by atoms with Gasteiger partial charge in [-0.3, -0.25) is 4.79 Å². The third-order valence-electron chi connectivity index (χ3n) is 3.94. The summed E-state index contributed by atoms with van der Waals surface area (Å²) in [6.07, 6.45) is -7.99. The Kier molecular flexibility index (Phi) is 4.96.